The number of nitrogens with zero attached hydrogens (tertiary/aromatic N) is 4. The quantitative estimate of drug-likeness (QED) is 0.481. The van der Waals surface area contributed by atoms with Crippen LogP contribution in [0.5, 0.6) is 0 Å². The molecule has 2 aliphatic rings. The fourth-order valence-electron chi connectivity index (χ4n) is 5.24. The van der Waals surface area contributed by atoms with Crippen LogP contribution in [0.2, 0.25) is 0 Å². The highest BCUT2D eigenvalue weighted by Crippen LogP contribution is 2.34. The van der Waals surface area contributed by atoms with Gasteiger partial charge in [0.2, 0.25) is 5.91 Å². The number of pyridine rings is 1. The summed E-state index contributed by atoms with van der Waals surface area (Å²) in [7, 11) is 0. The van der Waals surface area contributed by atoms with Crippen LogP contribution in [0.3, 0.4) is 0 Å². The molecular weight excluding hydrogens is 446 g/mol. The largest absolute Gasteiger partial charge is 0.340 e. The third kappa shape index (κ3) is 4.01. The van der Waals surface area contributed by atoms with Crippen LogP contribution >= 0.6 is 11.3 Å². The van der Waals surface area contributed by atoms with Crippen molar-refractivity contribution in [3.63, 3.8) is 0 Å². The van der Waals surface area contributed by atoms with Gasteiger partial charge in [-0.25, -0.2) is 4.98 Å². The van der Waals surface area contributed by atoms with Gasteiger partial charge < -0.3 is 9.88 Å². The maximum absolute atomic E-state index is 12.9. The van der Waals surface area contributed by atoms with E-state index < -0.39 is 0 Å². The second-order valence-electron chi connectivity index (χ2n) is 9.20. The van der Waals surface area contributed by atoms with Crippen LogP contribution in [0.1, 0.15) is 34.7 Å². The van der Waals surface area contributed by atoms with Crippen molar-refractivity contribution in [1.29, 1.82) is 0 Å². The number of carbonyl (C=O) groups is 1. The van der Waals surface area contributed by atoms with E-state index in [1.165, 1.54) is 16.0 Å². The van der Waals surface area contributed by atoms with Crippen LogP contribution in [0, 0.1) is 0 Å². The molecule has 1 aliphatic carbocycles. The number of carbonyl (C=O) groups excluding carboxylic acids is 1. The lowest BCUT2D eigenvalue weighted by Gasteiger charge is -2.35. The minimum Gasteiger partial charge on any atom is -0.340 e. The lowest BCUT2D eigenvalue weighted by molar-refractivity contribution is -0.133. The predicted octanol–water partition coefficient (Wildman–Crippen LogP) is 3.30. The fraction of sp³-hybridized carbons (Fsp3) is 0.385. The highest BCUT2D eigenvalue weighted by atomic mass is 32.1. The van der Waals surface area contributed by atoms with E-state index in [0.29, 0.717) is 18.7 Å². The van der Waals surface area contributed by atoms with E-state index in [-0.39, 0.29) is 11.5 Å². The Hall–Kier alpha value is -3.10. The summed E-state index contributed by atoms with van der Waals surface area (Å²) in [5, 5.41) is 1.93. The summed E-state index contributed by atoms with van der Waals surface area (Å²) in [5.74, 6) is 0.746. The first-order valence-corrected chi connectivity index (χ1v) is 12.8. The van der Waals surface area contributed by atoms with Crippen molar-refractivity contribution in [3.05, 3.63) is 68.7 Å². The number of hydrogen-bond acceptors (Lipinski definition) is 6. The number of aromatic amines is 1. The maximum Gasteiger partial charge on any atom is 0.259 e. The zero-order chi connectivity index (χ0) is 23.1. The molecule has 1 aromatic carbocycles. The lowest BCUT2D eigenvalue weighted by Crippen LogP contribution is -2.48. The number of aryl methyl sites for hydroxylation is 3. The van der Waals surface area contributed by atoms with Crippen molar-refractivity contribution < 1.29 is 4.79 Å². The van der Waals surface area contributed by atoms with E-state index in [4.69, 9.17) is 0 Å². The monoisotopic (exact) mass is 473 g/mol. The summed E-state index contributed by atoms with van der Waals surface area (Å²) in [6.45, 7) is 3.97. The van der Waals surface area contributed by atoms with Crippen LogP contribution in [0.25, 0.3) is 21.1 Å². The van der Waals surface area contributed by atoms with Gasteiger partial charge in [0.1, 0.15) is 10.7 Å². The van der Waals surface area contributed by atoms with Gasteiger partial charge in [-0.2, -0.15) is 0 Å². The zero-order valence-electron chi connectivity index (χ0n) is 19.0. The van der Waals surface area contributed by atoms with Gasteiger partial charge >= 0.3 is 0 Å². The van der Waals surface area contributed by atoms with E-state index in [1.54, 1.807) is 11.3 Å². The summed E-state index contributed by atoms with van der Waals surface area (Å²) in [5.41, 5.74) is 3.41. The van der Waals surface area contributed by atoms with Crippen molar-refractivity contribution in [1.82, 2.24) is 24.8 Å². The molecule has 34 heavy (non-hydrogen) atoms. The molecule has 174 valence electrons. The van der Waals surface area contributed by atoms with E-state index in [1.807, 2.05) is 17.2 Å². The number of thiophene rings is 1. The summed E-state index contributed by atoms with van der Waals surface area (Å²) in [6.07, 6.45) is 5.82. The number of piperazine rings is 1. The number of benzene rings is 1. The predicted molar refractivity (Wildman–Crippen MR) is 134 cm³/mol. The average Bonchev–Trinajstić information content (AvgIpc) is 3.44. The first-order valence-electron chi connectivity index (χ1n) is 12.0. The molecule has 7 nitrogen and oxygen atoms in total. The van der Waals surface area contributed by atoms with Gasteiger partial charge in [-0.3, -0.25) is 19.5 Å². The summed E-state index contributed by atoms with van der Waals surface area (Å²) in [4.78, 5) is 44.1. The first-order chi connectivity index (χ1) is 16.7. The summed E-state index contributed by atoms with van der Waals surface area (Å²) < 4.78 is 0. The Kier molecular flexibility index (Phi) is 5.63. The van der Waals surface area contributed by atoms with E-state index >= 15 is 0 Å². The molecule has 6 rings (SSSR count). The second kappa shape index (κ2) is 8.92. The first kappa shape index (κ1) is 21.4. The van der Waals surface area contributed by atoms with Crippen molar-refractivity contribution in [2.75, 3.05) is 26.2 Å². The third-order valence-corrected chi connectivity index (χ3v) is 8.22. The molecule has 1 amide bonds. The summed E-state index contributed by atoms with van der Waals surface area (Å²) in [6, 6.07) is 10.4. The third-order valence-electron chi connectivity index (χ3n) is 7.04. The molecule has 4 heterocycles. The van der Waals surface area contributed by atoms with E-state index in [9.17, 15) is 9.59 Å². The number of aromatic nitrogens is 3. The Balaban J connectivity index is 1.05. The van der Waals surface area contributed by atoms with Gasteiger partial charge in [-0.15, -0.1) is 11.3 Å². The van der Waals surface area contributed by atoms with Crippen LogP contribution in [-0.2, 0) is 30.6 Å². The number of rotatable bonds is 5. The Morgan fingerprint density at radius 3 is 2.82 bits per heavy atom. The second-order valence-corrected chi connectivity index (χ2v) is 10.3. The minimum atomic E-state index is -0.0524. The lowest BCUT2D eigenvalue weighted by atomic mass is 10.1. The molecule has 0 atom stereocenters. The number of amides is 1. The Labute approximate surface area is 201 Å². The SMILES string of the molecule is O=C(CCc1nc2sc3c(c2c(=O)[nH]1)CCC3)N1CCN(Cc2cccc3cccnc23)CC1. The molecule has 8 heteroatoms. The molecule has 0 saturated carbocycles. The maximum atomic E-state index is 12.9. The van der Waals surface area contributed by atoms with Crippen LogP contribution in [0.4, 0.5) is 0 Å². The molecule has 1 aliphatic heterocycles. The van der Waals surface area contributed by atoms with Gasteiger partial charge in [0.25, 0.3) is 5.56 Å². The number of hydrogen-bond donors (Lipinski definition) is 1. The van der Waals surface area contributed by atoms with E-state index in [0.717, 1.165) is 73.1 Å². The Bertz CT molecular complexity index is 1430. The number of para-hydroxylation sites is 1. The Morgan fingerprint density at radius 1 is 1.09 bits per heavy atom. The van der Waals surface area contributed by atoms with Crippen molar-refractivity contribution in [3.8, 4) is 0 Å². The molecule has 0 bridgehead atoms. The molecule has 0 unspecified atom stereocenters. The molecule has 3 aromatic heterocycles. The molecule has 0 spiro atoms. The van der Waals surface area contributed by atoms with Crippen molar-refractivity contribution in [2.24, 2.45) is 0 Å². The molecule has 1 saturated heterocycles. The van der Waals surface area contributed by atoms with E-state index in [2.05, 4.69) is 44.1 Å². The standard InChI is InChI=1S/C26H27N5O2S/c32-22(10-9-21-28-25(33)23-19-7-2-8-20(19)34-26(23)29-21)31-14-12-30(13-15-31)16-18-5-1-4-17-6-3-11-27-24(17)18/h1,3-6,11H,2,7-10,12-16H2,(H,28,29,33). The number of fused-ring (bicyclic) bond motifs is 4. The van der Waals surface area contributed by atoms with Crippen LogP contribution in [-0.4, -0.2) is 56.8 Å². The van der Waals surface area contributed by atoms with Gasteiger partial charge in [-0.05, 0) is 36.5 Å². The minimum absolute atomic E-state index is 0.0524. The molecule has 0 radical (unpaired) electrons. The van der Waals surface area contributed by atoms with Gasteiger partial charge in [0.15, 0.2) is 0 Å². The molecule has 4 aromatic rings. The zero-order valence-corrected chi connectivity index (χ0v) is 19.9. The average molecular weight is 474 g/mol. The topological polar surface area (TPSA) is 82.2 Å². The van der Waals surface area contributed by atoms with Crippen LogP contribution < -0.4 is 5.56 Å². The van der Waals surface area contributed by atoms with Gasteiger partial charge in [0.05, 0.1) is 10.9 Å². The molecule has 1 N–H and O–H groups in total. The smallest absolute Gasteiger partial charge is 0.259 e. The summed E-state index contributed by atoms with van der Waals surface area (Å²) >= 11 is 1.64. The molecule has 1 fully saturated rings. The molecular formula is C26H27N5O2S. The number of nitrogens with one attached hydrogen (secondary N) is 1. The highest BCUT2D eigenvalue weighted by Gasteiger charge is 2.23. The Morgan fingerprint density at radius 2 is 1.94 bits per heavy atom. The van der Waals surface area contributed by atoms with Crippen molar-refractivity contribution in [2.45, 2.75) is 38.6 Å². The number of H-pyrrole nitrogens is 1. The fourth-order valence-corrected chi connectivity index (χ4v) is 6.52. The van der Waals surface area contributed by atoms with Crippen molar-refractivity contribution >= 4 is 38.4 Å². The normalized spacial score (nSPS) is 16.4. The van der Waals surface area contributed by atoms with Gasteiger partial charge in [0, 0.05) is 62.0 Å². The van der Waals surface area contributed by atoms with Crippen LogP contribution in [0.15, 0.2) is 41.3 Å². The van der Waals surface area contributed by atoms with Gasteiger partial charge in [-0.1, -0.05) is 24.3 Å². The highest BCUT2D eigenvalue weighted by molar-refractivity contribution is 7.18.